The molecule has 0 amide bonds. The van der Waals surface area contributed by atoms with Crippen molar-refractivity contribution >= 4 is 17.0 Å². The highest BCUT2D eigenvalue weighted by Gasteiger charge is 2.15. The van der Waals surface area contributed by atoms with Crippen molar-refractivity contribution in [2.45, 2.75) is 40.0 Å². The van der Waals surface area contributed by atoms with E-state index in [-0.39, 0.29) is 12.2 Å². The normalized spacial score (nSPS) is 12.3. The Morgan fingerprint density at radius 2 is 2.04 bits per heavy atom. The van der Waals surface area contributed by atoms with Crippen LogP contribution < -0.4 is 4.74 Å². The summed E-state index contributed by atoms with van der Waals surface area (Å²) in [5.74, 6) is 0.432. The van der Waals surface area contributed by atoms with Gasteiger partial charge in [-0.05, 0) is 56.2 Å². The van der Waals surface area contributed by atoms with Gasteiger partial charge >= 0.3 is 5.97 Å². The van der Waals surface area contributed by atoms with Gasteiger partial charge in [-0.2, -0.15) is 0 Å². The van der Waals surface area contributed by atoms with Crippen molar-refractivity contribution in [3.05, 3.63) is 58.9 Å². The maximum Gasteiger partial charge on any atom is 0.335 e. The molecule has 0 saturated carbocycles. The number of nitrogens with zero attached hydrogens (tertiary/aromatic N) is 2. The second kappa shape index (κ2) is 7.17. The fraction of sp³-hybridized carbons (Fsp3) is 0.300. The molecule has 0 fully saturated rings. The Balaban J connectivity index is 1.97. The van der Waals surface area contributed by atoms with E-state index in [4.69, 9.17) is 4.74 Å². The lowest BCUT2D eigenvalue weighted by Crippen LogP contribution is -2.15. The minimum atomic E-state index is -0.995. The fourth-order valence-electron chi connectivity index (χ4n) is 2.91. The van der Waals surface area contributed by atoms with Gasteiger partial charge in [0.1, 0.15) is 18.2 Å². The molecular formula is C20H22N2O4. The van der Waals surface area contributed by atoms with Crippen LogP contribution in [-0.2, 0) is 13.2 Å². The number of hydrogen-bond donors (Lipinski definition) is 2. The van der Waals surface area contributed by atoms with E-state index in [1.54, 1.807) is 19.1 Å². The number of hydrogen-bond acceptors (Lipinski definition) is 4. The summed E-state index contributed by atoms with van der Waals surface area (Å²) in [6, 6.07) is 10.7. The number of benzene rings is 2. The molecule has 6 nitrogen and oxygen atoms in total. The molecule has 26 heavy (non-hydrogen) atoms. The van der Waals surface area contributed by atoms with Crippen LogP contribution in [0.4, 0.5) is 0 Å². The Bertz CT molecular complexity index is 960. The monoisotopic (exact) mass is 354 g/mol. The number of rotatable bonds is 6. The molecule has 3 aromatic rings. The molecule has 0 saturated heterocycles. The highest BCUT2D eigenvalue weighted by atomic mass is 16.5. The Morgan fingerprint density at radius 1 is 1.27 bits per heavy atom. The number of aliphatic hydroxyl groups excluding tert-OH is 1. The summed E-state index contributed by atoms with van der Waals surface area (Å²) < 4.78 is 7.82. The molecular weight excluding hydrogens is 332 g/mol. The Morgan fingerprint density at radius 3 is 2.73 bits per heavy atom. The van der Waals surface area contributed by atoms with Gasteiger partial charge in [-0.3, -0.25) is 0 Å². The largest absolute Gasteiger partial charge is 0.485 e. The molecule has 3 rings (SSSR count). The van der Waals surface area contributed by atoms with E-state index < -0.39 is 12.1 Å². The van der Waals surface area contributed by atoms with Gasteiger partial charge in [0.2, 0.25) is 0 Å². The second-order valence-electron chi connectivity index (χ2n) is 6.48. The molecule has 1 aromatic heterocycles. The van der Waals surface area contributed by atoms with Crippen LogP contribution in [0.1, 0.15) is 34.2 Å². The molecule has 2 aromatic carbocycles. The van der Waals surface area contributed by atoms with Crippen molar-refractivity contribution < 1.29 is 19.7 Å². The molecule has 1 atom stereocenters. The van der Waals surface area contributed by atoms with Crippen LogP contribution in [-0.4, -0.2) is 31.8 Å². The van der Waals surface area contributed by atoms with Gasteiger partial charge in [-0.25, -0.2) is 9.78 Å². The first-order chi connectivity index (χ1) is 12.4. The molecule has 0 aliphatic rings. The fourth-order valence-corrected chi connectivity index (χ4v) is 2.91. The first-order valence-corrected chi connectivity index (χ1v) is 8.46. The Labute approximate surface area is 151 Å². The molecule has 6 heteroatoms. The molecule has 0 aliphatic carbocycles. The Kier molecular flexibility index (Phi) is 4.95. The van der Waals surface area contributed by atoms with Crippen LogP contribution in [0, 0.1) is 13.8 Å². The number of fused-ring (bicyclic) bond motifs is 1. The zero-order chi connectivity index (χ0) is 18.8. The number of ether oxygens (including phenoxy) is 1. The molecule has 0 aliphatic heterocycles. The molecule has 136 valence electrons. The third-order valence-electron chi connectivity index (χ3n) is 4.43. The molecule has 0 radical (unpaired) electrons. The number of aliphatic hydroxyl groups is 1. The van der Waals surface area contributed by atoms with Gasteiger partial charge in [0.15, 0.2) is 0 Å². The van der Waals surface area contributed by atoms with E-state index in [1.807, 2.05) is 36.6 Å². The topological polar surface area (TPSA) is 84.6 Å². The summed E-state index contributed by atoms with van der Waals surface area (Å²) in [7, 11) is 0. The van der Waals surface area contributed by atoms with Crippen molar-refractivity contribution in [1.29, 1.82) is 0 Å². The number of carboxylic acid groups (broad SMARTS) is 1. The van der Waals surface area contributed by atoms with E-state index in [1.165, 1.54) is 6.07 Å². The van der Waals surface area contributed by atoms with Crippen LogP contribution in [0.3, 0.4) is 0 Å². The van der Waals surface area contributed by atoms with Gasteiger partial charge in [-0.1, -0.05) is 12.1 Å². The van der Waals surface area contributed by atoms with E-state index in [0.717, 1.165) is 22.4 Å². The average Bonchev–Trinajstić information content (AvgIpc) is 2.92. The smallest absolute Gasteiger partial charge is 0.335 e. The molecule has 0 spiro atoms. The van der Waals surface area contributed by atoms with Crippen molar-refractivity contribution in [2.24, 2.45) is 0 Å². The van der Waals surface area contributed by atoms with E-state index >= 15 is 0 Å². The molecule has 2 N–H and O–H groups in total. The van der Waals surface area contributed by atoms with Crippen molar-refractivity contribution in [2.75, 3.05) is 0 Å². The third-order valence-corrected chi connectivity index (χ3v) is 4.43. The zero-order valence-corrected chi connectivity index (χ0v) is 15.1. The SMILES string of the molecule is Cc1cccc(OCc2nc3cc(C(=O)O)ccc3n2CC(C)O)c1C. The summed E-state index contributed by atoms with van der Waals surface area (Å²) in [6.45, 7) is 6.32. The number of carbonyl (C=O) groups is 1. The van der Waals surface area contributed by atoms with E-state index in [9.17, 15) is 15.0 Å². The first-order valence-electron chi connectivity index (χ1n) is 8.46. The number of aryl methyl sites for hydroxylation is 1. The van der Waals surface area contributed by atoms with Gasteiger partial charge in [-0.15, -0.1) is 0 Å². The third kappa shape index (κ3) is 3.55. The van der Waals surface area contributed by atoms with Gasteiger partial charge < -0.3 is 19.5 Å². The minimum absolute atomic E-state index is 0.182. The summed E-state index contributed by atoms with van der Waals surface area (Å²) in [4.78, 5) is 15.7. The summed E-state index contributed by atoms with van der Waals surface area (Å²) >= 11 is 0. The maximum atomic E-state index is 11.2. The zero-order valence-electron chi connectivity index (χ0n) is 15.1. The van der Waals surface area contributed by atoms with E-state index in [0.29, 0.717) is 17.9 Å². The van der Waals surface area contributed by atoms with Crippen LogP contribution in [0.2, 0.25) is 0 Å². The number of imidazole rings is 1. The lowest BCUT2D eigenvalue weighted by Gasteiger charge is -2.13. The number of carboxylic acids is 1. The van der Waals surface area contributed by atoms with Crippen LogP contribution in [0.25, 0.3) is 11.0 Å². The highest BCUT2D eigenvalue weighted by molar-refractivity contribution is 5.92. The molecule has 1 heterocycles. The molecule has 1 unspecified atom stereocenters. The van der Waals surface area contributed by atoms with E-state index in [2.05, 4.69) is 4.98 Å². The van der Waals surface area contributed by atoms with Crippen molar-refractivity contribution in [3.63, 3.8) is 0 Å². The summed E-state index contributed by atoms with van der Waals surface area (Å²) in [5, 5.41) is 19.0. The average molecular weight is 354 g/mol. The lowest BCUT2D eigenvalue weighted by atomic mass is 10.1. The van der Waals surface area contributed by atoms with Gasteiger partial charge in [0.05, 0.1) is 29.2 Å². The first kappa shape index (κ1) is 17.9. The summed E-state index contributed by atoms with van der Waals surface area (Å²) in [6.07, 6.45) is -0.564. The predicted molar refractivity (Wildman–Crippen MR) is 98.6 cm³/mol. The van der Waals surface area contributed by atoms with Crippen molar-refractivity contribution in [1.82, 2.24) is 9.55 Å². The molecule has 0 bridgehead atoms. The number of aromatic carboxylic acids is 1. The van der Waals surface area contributed by atoms with Crippen LogP contribution in [0.5, 0.6) is 5.75 Å². The maximum absolute atomic E-state index is 11.2. The van der Waals surface area contributed by atoms with Crippen molar-refractivity contribution in [3.8, 4) is 5.75 Å². The lowest BCUT2D eigenvalue weighted by molar-refractivity contribution is 0.0697. The highest BCUT2D eigenvalue weighted by Crippen LogP contribution is 2.24. The van der Waals surface area contributed by atoms with Crippen LogP contribution in [0.15, 0.2) is 36.4 Å². The number of aromatic nitrogens is 2. The second-order valence-corrected chi connectivity index (χ2v) is 6.48. The quantitative estimate of drug-likeness (QED) is 0.709. The van der Waals surface area contributed by atoms with Gasteiger partial charge in [0, 0.05) is 0 Å². The van der Waals surface area contributed by atoms with Gasteiger partial charge in [0.25, 0.3) is 0 Å². The minimum Gasteiger partial charge on any atom is -0.485 e. The Hall–Kier alpha value is -2.86. The summed E-state index contributed by atoms with van der Waals surface area (Å²) in [5.41, 5.74) is 3.74. The standard InChI is InChI=1S/C20H22N2O4/c1-12-5-4-6-18(14(12)3)26-11-19-21-16-9-15(20(24)25)7-8-17(16)22(19)10-13(2)23/h4-9,13,23H,10-11H2,1-3H3,(H,24,25). The van der Waals surface area contributed by atoms with Crippen LogP contribution >= 0.6 is 0 Å². The predicted octanol–water partition coefficient (Wildman–Crippen LogP) is 3.31.